The van der Waals surface area contributed by atoms with Crippen molar-refractivity contribution in [3.8, 4) is 0 Å². The number of allylic oxidation sites excluding steroid dienone is 4. The van der Waals surface area contributed by atoms with Crippen LogP contribution in [0.3, 0.4) is 0 Å². The van der Waals surface area contributed by atoms with E-state index in [1.54, 1.807) is 19.1 Å². The van der Waals surface area contributed by atoms with Crippen molar-refractivity contribution < 1.29 is 22.8 Å². The maximum Gasteiger partial charge on any atom is 0.413 e. The quantitative estimate of drug-likeness (QED) is 0.386. The van der Waals surface area contributed by atoms with Gasteiger partial charge < -0.3 is 0 Å². The highest BCUT2D eigenvalue weighted by molar-refractivity contribution is 6.03. The zero-order valence-corrected chi connectivity index (χ0v) is 13.7. The average molecular weight is 339 g/mol. The number of ketones is 2. The molecule has 24 heavy (non-hydrogen) atoms. The molecule has 1 heterocycles. The molecule has 0 unspecified atom stereocenters. The van der Waals surface area contributed by atoms with Gasteiger partial charge in [0, 0.05) is 30.2 Å². The van der Waals surface area contributed by atoms with Gasteiger partial charge in [-0.05, 0) is 25.0 Å². The highest BCUT2D eigenvalue weighted by Gasteiger charge is 2.35. The minimum atomic E-state index is -4.57. The smallest absolute Gasteiger partial charge is 0.294 e. The van der Waals surface area contributed by atoms with Crippen LogP contribution in [0.5, 0.6) is 0 Å². The van der Waals surface area contributed by atoms with E-state index in [2.05, 4.69) is 4.98 Å². The van der Waals surface area contributed by atoms with Crippen LogP contribution in [0.4, 0.5) is 13.2 Å². The van der Waals surface area contributed by atoms with E-state index in [0.717, 1.165) is 0 Å². The van der Waals surface area contributed by atoms with Crippen molar-refractivity contribution in [2.45, 2.75) is 45.7 Å². The van der Waals surface area contributed by atoms with E-state index >= 15 is 0 Å². The number of hydrogen-bond acceptors (Lipinski definition) is 3. The van der Waals surface area contributed by atoms with Gasteiger partial charge in [0.1, 0.15) is 5.69 Å². The van der Waals surface area contributed by atoms with Crippen molar-refractivity contribution in [3.63, 3.8) is 0 Å². The van der Waals surface area contributed by atoms with Gasteiger partial charge in [-0.3, -0.25) is 14.6 Å². The fraction of sp³-hybridized carbons (Fsp3) is 0.389. The lowest BCUT2D eigenvalue weighted by atomic mass is 9.96. The van der Waals surface area contributed by atoms with E-state index in [9.17, 15) is 22.8 Å². The van der Waals surface area contributed by atoms with E-state index in [1.807, 2.05) is 0 Å². The molecule has 6 heteroatoms. The third kappa shape index (κ3) is 5.76. The van der Waals surface area contributed by atoms with Crippen LogP contribution in [0.1, 0.15) is 50.0 Å². The second-order valence-electron chi connectivity index (χ2n) is 5.12. The molecular weight excluding hydrogens is 319 g/mol. The van der Waals surface area contributed by atoms with Crippen molar-refractivity contribution >= 4 is 11.6 Å². The summed E-state index contributed by atoms with van der Waals surface area (Å²) in [4.78, 5) is 28.1. The molecule has 1 rings (SSSR count). The largest absolute Gasteiger partial charge is 0.413 e. The molecule has 0 amide bonds. The van der Waals surface area contributed by atoms with Crippen LogP contribution in [0.15, 0.2) is 47.7 Å². The zero-order chi connectivity index (χ0) is 18.2. The van der Waals surface area contributed by atoms with Gasteiger partial charge in [-0.1, -0.05) is 32.1 Å². The van der Waals surface area contributed by atoms with Crippen molar-refractivity contribution in [1.82, 2.24) is 4.98 Å². The Morgan fingerprint density at radius 3 is 2.38 bits per heavy atom. The normalized spacial score (nSPS) is 13.0. The Labute approximate surface area is 139 Å². The maximum atomic E-state index is 13.1. The summed E-state index contributed by atoms with van der Waals surface area (Å²) in [7, 11) is 0. The number of halogens is 3. The van der Waals surface area contributed by atoms with Gasteiger partial charge in [0.15, 0.2) is 11.6 Å². The Bertz CT molecular complexity index is 631. The number of pyridine rings is 1. The van der Waals surface area contributed by atoms with Crippen LogP contribution in [0, 0.1) is 0 Å². The van der Waals surface area contributed by atoms with Crippen molar-refractivity contribution in [3.05, 3.63) is 53.4 Å². The minimum absolute atomic E-state index is 0.172. The zero-order valence-electron chi connectivity index (χ0n) is 13.7. The predicted molar refractivity (Wildman–Crippen MR) is 85.6 cm³/mol. The molecule has 1 aromatic heterocycles. The molecule has 0 aliphatic carbocycles. The average Bonchev–Trinajstić information content (AvgIpc) is 2.55. The topological polar surface area (TPSA) is 47.0 Å². The summed E-state index contributed by atoms with van der Waals surface area (Å²) in [6.45, 7) is 3.12. The van der Waals surface area contributed by atoms with Crippen LogP contribution >= 0.6 is 0 Å². The molecule has 0 atom stereocenters. The van der Waals surface area contributed by atoms with E-state index in [1.165, 1.54) is 31.3 Å². The van der Waals surface area contributed by atoms with E-state index in [-0.39, 0.29) is 36.3 Å². The third-order valence-corrected chi connectivity index (χ3v) is 3.37. The summed E-state index contributed by atoms with van der Waals surface area (Å²) >= 11 is 0. The lowest BCUT2D eigenvalue weighted by Gasteiger charge is -2.14. The molecular formula is C18H20F3NO2. The molecule has 0 saturated heterocycles. The molecule has 0 spiro atoms. The molecule has 3 nitrogen and oxygen atoms in total. The van der Waals surface area contributed by atoms with E-state index in [4.69, 9.17) is 0 Å². The number of Topliss-reactive ketones (excluding diaryl/α,β-unsaturated/α-hetero) is 2. The third-order valence-electron chi connectivity index (χ3n) is 3.37. The maximum absolute atomic E-state index is 13.1. The standard InChI is InChI=1S/C18H20F3NO2/c1-3-5-8-13(14(4-2)18(19,20)21)16(23)10-11-17(24)15-9-6-7-12-22-15/h5-9,12H,3-4,10-11H2,1-2H3/b8-5-,14-13-. The Kier molecular flexibility index (Phi) is 7.55. The van der Waals surface area contributed by atoms with Gasteiger partial charge >= 0.3 is 6.18 Å². The van der Waals surface area contributed by atoms with Crippen LogP contribution in [-0.4, -0.2) is 22.7 Å². The SMILES string of the molecule is CC/C=C\C(C(=O)CCC(=O)c1ccccn1)=C(/CC)C(F)(F)F. The molecule has 0 bridgehead atoms. The number of carbonyl (C=O) groups is 2. The number of hydrogen-bond donors (Lipinski definition) is 0. The second-order valence-corrected chi connectivity index (χ2v) is 5.12. The minimum Gasteiger partial charge on any atom is -0.294 e. The lowest BCUT2D eigenvalue weighted by molar-refractivity contribution is -0.117. The molecule has 0 radical (unpaired) electrons. The predicted octanol–water partition coefficient (Wildman–Crippen LogP) is 4.85. The number of rotatable bonds is 8. The van der Waals surface area contributed by atoms with Gasteiger partial charge in [0.05, 0.1) is 0 Å². The Morgan fingerprint density at radius 2 is 1.88 bits per heavy atom. The van der Waals surface area contributed by atoms with Gasteiger partial charge in [0.25, 0.3) is 0 Å². The van der Waals surface area contributed by atoms with E-state index in [0.29, 0.717) is 6.42 Å². The molecule has 1 aromatic rings. The van der Waals surface area contributed by atoms with Crippen molar-refractivity contribution in [2.75, 3.05) is 0 Å². The molecule has 0 saturated carbocycles. The van der Waals surface area contributed by atoms with Gasteiger partial charge in [-0.2, -0.15) is 13.2 Å². The first kappa shape index (κ1) is 19.8. The summed E-state index contributed by atoms with van der Waals surface area (Å²) in [5.41, 5.74) is -1.02. The summed E-state index contributed by atoms with van der Waals surface area (Å²) in [6.07, 6.45) is -0.640. The van der Waals surface area contributed by atoms with Gasteiger partial charge in [0.2, 0.25) is 0 Å². The highest BCUT2D eigenvalue weighted by atomic mass is 19.4. The van der Waals surface area contributed by atoms with Gasteiger partial charge in [-0.15, -0.1) is 0 Å². The first-order valence-corrected chi connectivity index (χ1v) is 7.75. The van der Waals surface area contributed by atoms with Crippen LogP contribution < -0.4 is 0 Å². The number of carbonyl (C=O) groups excluding carboxylic acids is 2. The molecule has 0 aliphatic heterocycles. The first-order chi connectivity index (χ1) is 11.3. The van der Waals surface area contributed by atoms with Crippen LogP contribution in [0.2, 0.25) is 0 Å². The Hall–Kier alpha value is -2.24. The molecule has 130 valence electrons. The fourth-order valence-electron chi connectivity index (χ4n) is 2.16. The molecule has 0 aromatic carbocycles. The van der Waals surface area contributed by atoms with Crippen LogP contribution in [0.25, 0.3) is 0 Å². The molecule has 0 N–H and O–H groups in total. The van der Waals surface area contributed by atoms with Crippen molar-refractivity contribution in [1.29, 1.82) is 0 Å². The highest BCUT2D eigenvalue weighted by Crippen LogP contribution is 2.32. The van der Waals surface area contributed by atoms with E-state index < -0.39 is 17.5 Å². The molecule has 0 fully saturated rings. The summed E-state index contributed by atoms with van der Waals surface area (Å²) in [6, 6.07) is 4.79. The van der Waals surface area contributed by atoms with Gasteiger partial charge in [-0.25, -0.2) is 0 Å². The van der Waals surface area contributed by atoms with Crippen molar-refractivity contribution in [2.24, 2.45) is 0 Å². The number of aromatic nitrogens is 1. The fourth-order valence-corrected chi connectivity index (χ4v) is 2.16. The first-order valence-electron chi connectivity index (χ1n) is 7.75. The molecule has 0 aliphatic rings. The van der Waals surface area contributed by atoms with Crippen LogP contribution in [-0.2, 0) is 4.79 Å². The lowest BCUT2D eigenvalue weighted by Crippen LogP contribution is -2.18. The number of alkyl halides is 3. The summed E-state index contributed by atoms with van der Waals surface area (Å²) in [5.74, 6) is -1.05. The second kappa shape index (κ2) is 9.15. The summed E-state index contributed by atoms with van der Waals surface area (Å²) in [5, 5.41) is 0. The monoisotopic (exact) mass is 339 g/mol. The Morgan fingerprint density at radius 1 is 1.17 bits per heavy atom. The number of nitrogens with zero attached hydrogens (tertiary/aromatic N) is 1. The Balaban J connectivity index is 2.96. The summed E-state index contributed by atoms with van der Waals surface area (Å²) < 4.78 is 39.3.